The zero-order valence-electron chi connectivity index (χ0n) is 14.2. The smallest absolute Gasteiger partial charge is 0.308 e. The Morgan fingerprint density at radius 3 is 2.55 bits per heavy atom. The number of hydrogen-bond donors (Lipinski definition) is 0. The predicted octanol–water partition coefficient (Wildman–Crippen LogP) is 4.01. The zero-order chi connectivity index (χ0) is 16.4. The molecule has 4 nitrogen and oxygen atoms in total. The van der Waals surface area contributed by atoms with E-state index in [4.69, 9.17) is 14.2 Å². The number of rotatable bonds is 10. The van der Waals surface area contributed by atoms with Gasteiger partial charge in [-0.1, -0.05) is 39.2 Å². The van der Waals surface area contributed by atoms with Gasteiger partial charge in [-0.15, -0.1) is 0 Å². The molecule has 124 valence electrons. The van der Waals surface area contributed by atoms with Crippen LogP contribution in [0.3, 0.4) is 0 Å². The number of methoxy groups -OCH3 is 2. The number of carbonyl (C=O) groups is 1. The molecule has 0 aliphatic heterocycles. The summed E-state index contributed by atoms with van der Waals surface area (Å²) in [5.41, 5.74) is 1.04. The summed E-state index contributed by atoms with van der Waals surface area (Å²) in [4.78, 5) is 11.5. The Balaban J connectivity index is 2.60. The van der Waals surface area contributed by atoms with Crippen molar-refractivity contribution < 1.29 is 19.0 Å². The second-order valence-corrected chi connectivity index (χ2v) is 5.52. The second kappa shape index (κ2) is 10.1. The Labute approximate surface area is 133 Å². The third-order valence-electron chi connectivity index (χ3n) is 3.63. The standard InChI is InChI=1S/C18H28O4/c1-5-6-7-8-11-22-16-10-9-15(13-17(16)20-3)12-14(2)18(19)21-4/h9-10,13-14H,5-8,11-12H2,1-4H3. The third kappa shape index (κ3) is 5.96. The van der Waals surface area contributed by atoms with Crippen LogP contribution >= 0.6 is 0 Å². The Morgan fingerprint density at radius 1 is 1.14 bits per heavy atom. The molecule has 0 radical (unpaired) electrons. The summed E-state index contributed by atoms with van der Waals surface area (Å²) in [5.74, 6) is 1.10. The molecular weight excluding hydrogens is 280 g/mol. The molecule has 0 saturated heterocycles. The van der Waals surface area contributed by atoms with Gasteiger partial charge in [0.15, 0.2) is 11.5 Å². The van der Waals surface area contributed by atoms with Crippen LogP contribution in [0.4, 0.5) is 0 Å². The van der Waals surface area contributed by atoms with Gasteiger partial charge < -0.3 is 14.2 Å². The normalized spacial score (nSPS) is 11.8. The minimum Gasteiger partial charge on any atom is -0.493 e. The Bertz CT molecular complexity index is 456. The van der Waals surface area contributed by atoms with Crippen LogP contribution in [0.1, 0.15) is 45.1 Å². The van der Waals surface area contributed by atoms with Crippen molar-refractivity contribution in [2.45, 2.75) is 46.0 Å². The van der Waals surface area contributed by atoms with E-state index in [2.05, 4.69) is 6.92 Å². The first-order chi connectivity index (χ1) is 10.6. The van der Waals surface area contributed by atoms with Gasteiger partial charge in [-0.05, 0) is 30.5 Å². The lowest BCUT2D eigenvalue weighted by Crippen LogP contribution is -2.15. The second-order valence-electron chi connectivity index (χ2n) is 5.52. The highest BCUT2D eigenvalue weighted by Crippen LogP contribution is 2.29. The largest absolute Gasteiger partial charge is 0.493 e. The van der Waals surface area contributed by atoms with E-state index in [9.17, 15) is 4.79 Å². The summed E-state index contributed by atoms with van der Waals surface area (Å²) in [6.45, 7) is 4.75. The summed E-state index contributed by atoms with van der Waals surface area (Å²) in [7, 11) is 3.04. The van der Waals surface area contributed by atoms with Gasteiger partial charge >= 0.3 is 5.97 Å². The highest BCUT2D eigenvalue weighted by atomic mass is 16.5. The van der Waals surface area contributed by atoms with Gasteiger partial charge in [0.05, 0.1) is 26.7 Å². The first-order valence-corrected chi connectivity index (χ1v) is 7.99. The van der Waals surface area contributed by atoms with E-state index in [0.29, 0.717) is 18.8 Å². The molecule has 1 atom stereocenters. The fourth-order valence-electron chi connectivity index (χ4n) is 2.31. The van der Waals surface area contributed by atoms with E-state index in [1.165, 1.54) is 26.4 Å². The highest BCUT2D eigenvalue weighted by molar-refractivity contribution is 5.72. The van der Waals surface area contributed by atoms with E-state index in [1.807, 2.05) is 25.1 Å². The van der Waals surface area contributed by atoms with E-state index in [0.717, 1.165) is 17.7 Å². The molecule has 0 saturated carbocycles. The average molecular weight is 308 g/mol. The number of hydrogen-bond acceptors (Lipinski definition) is 4. The fraction of sp³-hybridized carbons (Fsp3) is 0.611. The zero-order valence-corrected chi connectivity index (χ0v) is 14.2. The van der Waals surface area contributed by atoms with Crippen molar-refractivity contribution in [2.75, 3.05) is 20.8 Å². The van der Waals surface area contributed by atoms with Gasteiger partial charge in [0.25, 0.3) is 0 Å². The Morgan fingerprint density at radius 2 is 1.91 bits per heavy atom. The molecule has 0 aliphatic rings. The van der Waals surface area contributed by atoms with Gasteiger partial charge in [0.1, 0.15) is 0 Å². The fourth-order valence-corrected chi connectivity index (χ4v) is 2.31. The van der Waals surface area contributed by atoms with Crippen LogP contribution in [-0.4, -0.2) is 26.8 Å². The van der Waals surface area contributed by atoms with Crippen molar-refractivity contribution in [2.24, 2.45) is 5.92 Å². The van der Waals surface area contributed by atoms with E-state index in [-0.39, 0.29) is 11.9 Å². The molecule has 22 heavy (non-hydrogen) atoms. The minimum absolute atomic E-state index is 0.171. The van der Waals surface area contributed by atoms with Crippen LogP contribution < -0.4 is 9.47 Å². The van der Waals surface area contributed by atoms with Crippen LogP contribution in [0.5, 0.6) is 11.5 Å². The van der Waals surface area contributed by atoms with Crippen LogP contribution in [-0.2, 0) is 16.0 Å². The van der Waals surface area contributed by atoms with Gasteiger partial charge in [-0.25, -0.2) is 0 Å². The van der Waals surface area contributed by atoms with Gasteiger partial charge in [-0.3, -0.25) is 4.79 Å². The number of benzene rings is 1. The van der Waals surface area contributed by atoms with Crippen molar-refractivity contribution in [3.63, 3.8) is 0 Å². The molecule has 0 aromatic heterocycles. The molecule has 0 spiro atoms. The molecular formula is C18H28O4. The first-order valence-electron chi connectivity index (χ1n) is 7.99. The van der Waals surface area contributed by atoms with Crippen LogP contribution in [0.15, 0.2) is 18.2 Å². The maximum Gasteiger partial charge on any atom is 0.308 e. The summed E-state index contributed by atoms with van der Waals surface area (Å²) >= 11 is 0. The molecule has 1 aromatic rings. The number of ether oxygens (including phenoxy) is 3. The molecule has 4 heteroatoms. The topological polar surface area (TPSA) is 44.8 Å². The molecule has 0 amide bonds. The molecule has 1 unspecified atom stereocenters. The molecule has 0 bridgehead atoms. The van der Waals surface area contributed by atoms with E-state index < -0.39 is 0 Å². The van der Waals surface area contributed by atoms with Gasteiger partial charge in [0.2, 0.25) is 0 Å². The van der Waals surface area contributed by atoms with Crippen molar-refractivity contribution >= 4 is 5.97 Å². The summed E-state index contributed by atoms with van der Waals surface area (Å²) in [6.07, 6.45) is 5.33. The van der Waals surface area contributed by atoms with Gasteiger partial charge in [-0.2, -0.15) is 0 Å². The van der Waals surface area contributed by atoms with Crippen molar-refractivity contribution in [1.29, 1.82) is 0 Å². The summed E-state index contributed by atoms with van der Waals surface area (Å²) < 4.78 is 15.9. The number of carbonyl (C=O) groups excluding carboxylic acids is 1. The first kappa shape index (κ1) is 18.3. The van der Waals surface area contributed by atoms with Crippen molar-refractivity contribution in [3.05, 3.63) is 23.8 Å². The van der Waals surface area contributed by atoms with Gasteiger partial charge in [0, 0.05) is 0 Å². The van der Waals surface area contributed by atoms with E-state index >= 15 is 0 Å². The molecule has 0 N–H and O–H groups in total. The van der Waals surface area contributed by atoms with Crippen LogP contribution in [0.25, 0.3) is 0 Å². The number of unbranched alkanes of at least 4 members (excludes halogenated alkanes) is 3. The van der Waals surface area contributed by atoms with Crippen LogP contribution in [0.2, 0.25) is 0 Å². The van der Waals surface area contributed by atoms with Crippen molar-refractivity contribution in [1.82, 2.24) is 0 Å². The number of esters is 1. The molecule has 0 heterocycles. The molecule has 0 aliphatic carbocycles. The average Bonchev–Trinajstić information content (AvgIpc) is 2.54. The lowest BCUT2D eigenvalue weighted by molar-refractivity contribution is -0.144. The molecule has 1 aromatic carbocycles. The maximum atomic E-state index is 11.5. The SMILES string of the molecule is CCCCCCOc1ccc(CC(C)C(=O)OC)cc1OC. The summed E-state index contributed by atoms with van der Waals surface area (Å²) in [5, 5.41) is 0. The summed E-state index contributed by atoms with van der Waals surface area (Å²) in [6, 6.07) is 5.82. The quantitative estimate of drug-likeness (QED) is 0.484. The third-order valence-corrected chi connectivity index (χ3v) is 3.63. The maximum absolute atomic E-state index is 11.5. The predicted molar refractivity (Wildman–Crippen MR) is 87.5 cm³/mol. The Kier molecular flexibility index (Phi) is 8.41. The van der Waals surface area contributed by atoms with Crippen LogP contribution in [0, 0.1) is 5.92 Å². The monoisotopic (exact) mass is 308 g/mol. The van der Waals surface area contributed by atoms with E-state index in [1.54, 1.807) is 7.11 Å². The lowest BCUT2D eigenvalue weighted by Gasteiger charge is -2.14. The minimum atomic E-state index is -0.199. The van der Waals surface area contributed by atoms with Crippen molar-refractivity contribution in [3.8, 4) is 11.5 Å². The molecule has 0 fully saturated rings. The molecule has 1 rings (SSSR count). The lowest BCUT2D eigenvalue weighted by atomic mass is 10.0. The highest BCUT2D eigenvalue weighted by Gasteiger charge is 2.15. The Hall–Kier alpha value is -1.71.